The van der Waals surface area contributed by atoms with Crippen LogP contribution >= 0.6 is 0 Å². The molecule has 1 aromatic carbocycles. The van der Waals surface area contributed by atoms with Crippen molar-refractivity contribution in [3.8, 4) is 11.4 Å². The summed E-state index contributed by atoms with van der Waals surface area (Å²) in [5.74, 6) is 0.301. The monoisotopic (exact) mass is 336 g/mol. The second-order valence-corrected chi connectivity index (χ2v) is 7.86. The molecule has 1 fully saturated rings. The Labute approximate surface area is 135 Å². The van der Waals surface area contributed by atoms with Crippen molar-refractivity contribution in [1.82, 2.24) is 10.1 Å². The third kappa shape index (κ3) is 4.17. The maximum Gasteiger partial charge on any atom is 0.242 e. The quantitative estimate of drug-likeness (QED) is 0.805. The Kier molecular flexibility index (Phi) is 4.77. The Morgan fingerprint density at radius 2 is 2.04 bits per heavy atom. The summed E-state index contributed by atoms with van der Waals surface area (Å²) < 4.78 is 34.8. The number of aromatic nitrogens is 2. The molecule has 0 aliphatic carbocycles. The average Bonchev–Trinajstić information content (AvgIpc) is 3.18. The fourth-order valence-electron chi connectivity index (χ4n) is 2.63. The smallest absolute Gasteiger partial charge is 0.242 e. The van der Waals surface area contributed by atoms with E-state index in [0.717, 1.165) is 24.8 Å². The third-order valence-corrected chi connectivity index (χ3v) is 5.46. The zero-order valence-corrected chi connectivity index (χ0v) is 13.9. The molecule has 1 atom stereocenters. The number of aryl methyl sites for hydroxylation is 1. The molecule has 0 N–H and O–H groups in total. The maximum atomic E-state index is 12.2. The van der Waals surface area contributed by atoms with Gasteiger partial charge in [-0.25, -0.2) is 8.42 Å². The van der Waals surface area contributed by atoms with Gasteiger partial charge < -0.3 is 9.26 Å². The van der Waals surface area contributed by atoms with Gasteiger partial charge in [0.15, 0.2) is 9.84 Å². The van der Waals surface area contributed by atoms with Gasteiger partial charge >= 0.3 is 0 Å². The van der Waals surface area contributed by atoms with Gasteiger partial charge in [-0.1, -0.05) is 36.3 Å². The van der Waals surface area contributed by atoms with E-state index in [0.29, 0.717) is 12.4 Å². The molecule has 0 amide bonds. The molecule has 0 unspecified atom stereocenters. The molecular formula is C16H20N2O4S. The van der Waals surface area contributed by atoms with Crippen molar-refractivity contribution in [2.24, 2.45) is 0 Å². The lowest BCUT2D eigenvalue weighted by atomic mass is 10.1. The lowest BCUT2D eigenvalue weighted by molar-refractivity contribution is 0.127. The zero-order valence-electron chi connectivity index (χ0n) is 13.1. The van der Waals surface area contributed by atoms with Crippen LogP contribution < -0.4 is 0 Å². The number of sulfone groups is 1. The molecule has 1 aliphatic rings. The molecule has 124 valence electrons. The zero-order chi connectivity index (χ0) is 16.3. The van der Waals surface area contributed by atoms with Crippen molar-refractivity contribution in [3.05, 3.63) is 35.7 Å². The van der Waals surface area contributed by atoms with Gasteiger partial charge in [0.1, 0.15) is 5.75 Å². The number of hydrogen-bond acceptors (Lipinski definition) is 6. The molecule has 2 heterocycles. The summed E-state index contributed by atoms with van der Waals surface area (Å²) in [6, 6.07) is 7.82. The highest BCUT2D eigenvalue weighted by atomic mass is 32.2. The van der Waals surface area contributed by atoms with Crippen LogP contribution in [0, 0.1) is 0 Å². The first-order valence-corrected chi connectivity index (χ1v) is 9.62. The average molecular weight is 336 g/mol. The van der Waals surface area contributed by atoms with Crippen LogP contribution in [0.3, 0.4) is 0 Å². The molecule has 1 saturated heterocycles. The van der Waals surface area contributed by atoms with Crippen molar-refractivity contribution >= 4 is 9.84 Å². The molecule has 0 bridgehead atoms. The van der Waals surface area contributed by atoms with Crippen LogP contribution in [0.25, 0.3) is 11.4 Å². The standard InChI is InChI=1S/C16H20N2O4S/c1-2-12-5-7-13(8-6-12)16-17-15(22-18-16)11-23(19,20)10-14-4-3-9-21-14/h5-8,14H,2-4,9-11H2,1H3/t14-/m1/s1. The number of nitrogens with zero attached hydrogens (tertiary/aromatic N) is 2. The lowest BCUT2D eigenvalue weighted by Gasteiger charge is -2.08. The van der Waals surface area contributed by atoms with Crippen LogP contribution in [0.4, 0.5) is 0 Å². The van der Waals surface area contributed by atoms with Gasteiger partial charge in [-0.15, -0.1) is 0 Å². The van der Waals surface area contributed by atoms with Gasteiger partial charge in [0.05, 0.1) is 11.9 Å². The van der Waals surface area contributed by atoms with Crippen LogP contribution in [0.1, 0.15) is 31.2 Å². The van der Waals surface area contributed by atoms with Crippen LogP contribution in [0.2, 0.25) is 0 Å². The highest BCUT2D eigenvalue weighted by Crippen LogP contribution is 2.19. The predicted octanol–water partition coefficient (Wildman–Crippen LogP) is 2.39. The van der Waals surface area contributed by atoms with Gasteiger partial charge in [-0.3, -0.25) is 0 Å². The third-order valence-electron chi connectivity index (χ3n) is 3.90. The van der Waals surface area contributed by atoms with Crippen molar-refractivity contribution in [3.63, 3.8) is 0 Å². The molecule has 1 aliphatic heterocycles. The number of benzene rings is 1. The molecule has 23 heavy (non-hydrogen) atoms. The minimum absolute atomic E-state index is 0.00983. The van der Waals surface area contributed by atoms with Crippen molar-refractivity contribution < 1.29 is 17.7 Å². The van der Waals surface area contributed by atoms with Gasteiger partial charge in [-0.2, -0.15) is 4.98 Å². The SMILES string of the molecule is CCc1ccc(-c2noc(CS(=O)(=O)C[C@H]3CCCO3)n2)cc1. The first-order valence-electron chi connectivity index (χ1n) is 7.79. The van der Waals surface area contributed by atoms with E-state index in [1.54, 1.807) is 0 Å². The van der Waals surface area contributed by atoms with Crippen molar-refractivity contribution in [1.29, 1.82) is 0 Å². The molecule has 1 aromatic heterocycles. The molecule has 6 nitrogen and oxygen atoms in total. The minimum Gasteiger partial charge on any atom is -0.377 e. The van der Waals surface area contributed by atoms with Crippen molar-refractivity contribution in [2.75, 3.05) is 12.4 Å². The van der Waals surface area contributed by atoms with E-state index < -0.39 is 9.84 Å². The first kappa shape index (κ1) is 16.1. The summed E-state index contributed by atoms with van der Waals surface area (Å²) in [7, 11) is -3.32. The fourth-order valence-corrected chi connectivity index (χ4v) is 4.07. The first-order chi connectivity index (χ1) is 11.1. The summed E-state index contributed by atoms with van der Waals surface area (Å²) in [4.78, 5) is 4.20. The van der Waals surface area contributed by atoms with Gasteiger partial charge in [0.25, 0.3) is 0 Å². The highest BCUT2D eigenvalue weighted by molar-refractivity contribution is 7.90. The van der Waals surface area contributed by atoms with E-state index in [9.17, 15) is 8.42 Å². The van der Waals surface area contributed by atoms with E-state index >= 15 is 0 Å². The van der Waals surface area contributed by atoms with Crippen molar-refractivity contribution in [2.45, 2.75) is 38.0 Å². The van der Waals surface area contributed by atoms with E-state index in [1.165, 1.54) is 5.56 Å². The van der Waals surface area contributed by atoms with Crippen LogP contribution in [-0.2, 0) is 26.7 Å². The Hall–Kier alpha value is -1.73. The largest absolute Gasteiger partial charge is 0.377 e. The summed E-state index contributed by atoms with van der Waals surface area (Å²) in [6.07, 6.45) is 2.46. The molecule has 0 saturated carbocycles. The number of hydrogen-bond donors (Lipinski definition) is 0. The van der Waals surface area contributed by atoms with Crippen LogP contribution in [0.15, 0.2) is 28.8 Å². The second kappa shape index (κ2) is 6.80. The Morgan fingerprint density at radius 1 is 1.26 bits per heavy atom. The number of rotatable bonds is 6. The van der Waals surface area contributed by atoms with Gasteiger partial charge in [0.2, 0.25) is 11.7 Å². The molecule has 3 rings (SSSR count). The summed E-state index contributed by atoms with van der Waals surface area (Å²) in [5.41, 5.74) is 2.03. The van der Waals surface area contributed by atoms with Crippen LogP contribution in [-0.4, -0.2) is 37.0 Å². The van der Waals surface area contributed by atoms with E-state index in [1.807, 2.05) is 24.3 Å². The topological polar surface area (TPSA) is 82.3 Å². The van der Waals surface area contributed by atoms with Gasteiger partial charge in [-0.05, 0) is 24.8 Å². The molecule has 7 heteroatoms. The van der Waals surface area contributed by atoms with Crippen LogP contribution in [0.5, 0.6) is 0 Å². The fraction of sp³-hybridized carbons (Fsp3) is 0.500. The molecule has 2 aromatic rings. The molecular weight excluding hydrogens is 316 g/mol. The summed E-state index contributed by atoms with van der Waals surface area (Å²) in [5, 5.41) is 3.88. The molecule has 0 spiro atoms. The minimum atomic E-state index is -3.32. The predicted molar refractivity (Wildman–Crippen MR) is 85.6 cm³/mol. The van der Waals surface area contributed by atoms with E-state index in [4.69, 9.17) is 9.26 Å². The maximum absolute atomic E-state index is 12.2. The lowest BCUT2D eigenvalue weighted by Crippen LogP contribution is -2.21. The molecule has 0 radical (unpaired) electrons. The Balaban J connectivity index is 1.68. The van der Waals surface area contributed by atoms with E-state index in [2.05, 4.69) is 17.1 Å². The van der Waals surface area contributed by atoms with E-state index in [-0.39, 0.29) is 23.5 Å². The summed E-state index contributed by atoms with van der Waals surface area (Å²) >= 11 is 0. The normalized spacial score (nSPS) is 18.4. The highest BCUT2D eigenvalue weighted by Gasteiger charge is 2.25. The van der Waals surface area contributed by atoms with Gasteiger partial charge in [0, 0.05) is 12.2 Å². The number of ether oxygens (including phenoxy) is 1. The summed E-state index contributed by atoms with van der Waals surface area (Å²) in [6.45, 7) is 2.72. The Bertz CT molecular complexity index is 747. The second-order valence-electron chi connectivity index (χ2n) is 5.75. The Morgan fingerprint density at radius 3 is 2.70 bits per heavy atom.